The van der Waals surface area contributed by atoms with Crippen LogP contribution in [0.2, 0.25) is 0 Å². The highest BCUT2D eigenvalue weighted by Crippen LogP contribution is 2.36. The van der Waals surface area contributed by atoms with E-state index in [1.807, 2.05) is 39.0 Å². The molecule has 8 nitrogen and oxygen atoms in total. The molecule has 3 aromatic heterocycles. The van der Waals surface area contributed by atoms with Crippen LogP contribution in [0, 0.1) is 13.8 Å². The molecule has 0 aliphatic carbocycles. The van der Waals surface area contributed by atoms with Gasteiger partial charge in [0.2, 0.25) is 0 Å². The average molecular weight is 414 g/mol. The summed E-state index contributed by atoms with van der Waals surface area (Å²) in [5.41, 5.74) is 4.77. The van der Waals surface area contributed by atoms with Gasteiger partial charge in [0.25, 0.3) is 0 Å². The lowest BCUT2D eigenvalue weighted by Crippen LogP contribution is -2.10. The first kappa shape index (κ1) is 20.2. The van der Waals surface area contributed by atoms with E-state index >= 15 is 0 Å². The SMILES string of the molecule is CCc1nn(-c2nccnc2C)c(Nc2ccc(C)cc2C(=O)O)c1-c1cccnc1. The molecule has 0 radical (unpaired) electrons. The number of anilines is 2. The van der Waals surface area contributed by atoms with Crippen molar-refractivity contribution >= 4 is 17.5 Å². The lowest BCUT2D eigenvalue weighted by Gasteiger charge is -2.15. The van der Waals surface area contributed by atoms with Crippen LogP contribution in [-0.4, -0.2) is 35.8 Å². The van der Waals surface area contributed by atoms with Gasteiger partial charge in [0, 0.05) is 35.9 Å². The zero-order valence-corrected chi connectivity index (χ0v) is 17.5. The molecular formula is C23H22N6O2. The van der Waals surface area contributed by atoms with E-state index in [1.165, 1.54) is 0 Å². The Kier molecular flexibility index (Phi) is 5.44. The van der Waals surface area contributed by atoms with Gasteiger partial charge in [0.15, 0.2) is 5.82 Å². The number of hydrogen-bond acceptors (Lipinski definition) is 6. The molecular weight excluding hydrogens is 392 g/mol. The van der Waals surface area contributed by atoms with Gasteiger partial charge in [-0.2, -0.15) is 9.78 Å². The average Bonchev–Trinajstić information content (AvgIpc) is 3.13. The van der Waals surface area contributed by atoms with Crippen LogP contribution in [0.3, 0.4) is 0 Å². The summed E-state index contributed by atoms with van der Waals surface area (Å²) in [6.07, 6.45) is 7.38. The summed E-state index contributed by atoms with van der Waals surface area (Å²) in [6, 6.07) is 9.09. The number of aromatic carboxylic acids is 1. The van der Waals surface area contributed by atoms with Gasteiger partial charge in [-0.25, -0.2) is 9.78 Å². The van der Waals surface area contributed by atoms with Crippen molar-refractivity contribution in [3.63, 3.8) is 0 Å². The number of pyridine rings is 1. The van der Waals surface area contributed by atoms with Crippen LogP contribution in [0.5, 0.6) is 0 Å². The van der Waals surface area contributed by atoms with Gasteiger partial charge < -0.3 is 10.4 Å². The first-order valence-electron chi connectivity index (χ1n) is 9.90. The molecule has 0 fully saturated rings. The summed E-state index contributed by atoms with van der Waals surface area (Å²) >= 11 is 0. The topological polar surface area (TPSA) is 106 Å². The molecule has 4 aromatic rings. The lowest BCUT2D eigenvalue weighted by molar-refractivity contribution is 0.0698. The minimum absolute atomic E-state index is 0.179. The number of nitrogens with one attached hydrogen (secondary N) is 1. The third-order valence-electron chi connectivity index (χ3n) is 4.96. The molecule has 0 saturated carbocycles. The van der Waals surface area contributed by atoms with Crippen LogP contribution in [0.4, 0.5) is 11.5 Å². The molecule has 0 spiro atoms. The summed E-state index contributed by atoms with van der Waals surface area (Å²) in [7, 11) is 0. The standard InChI is InChI=1S/C23H22N6O2/c1-4-18-20(16-6-5-9-24-13-16)22(29(28-18)21-15(3)25-10-11-26-21)27-19-8-7-14(2)12-17(19)23(30)31/h5-13,27H,4H2,1-3H3,(H,30,31). The first-order chi connectivity index (χ1) is 15.0. The van der Waals surface area contributed by atoms with E-state index in [-0.39, 0.29) is 5.56 Å². The molecule has 0 aliphatic heterocycles. The van der Waals surface area contributed by atoms with Crippen molar-refractivity contribution in [1.29, 1.82) is 0 Å². The smallest absolute Gasteiger partial charge is 0.337 e. The van der Waals surface area contributed by atoms with Crippen molar-refractivity contribution in [3.8, 4) is 16.9 Å². The Labute approximate surface area is 179 Å². The molecule has 0 bridgehead atoms. The van der Waals surface area contributed by atoms with E-state index in [9.17, 15) is 9.90 Å². The number of aryl methyl sites for hydroxylation is 3. The molecule has 156 valence electrons. The summed E-state index contributed by atoms with van der Waals surface area (Å²) in [5, 5.41) is 17.9. The maximum absolute atomic E-state index is 11.9. The first-order valence-corrected chi connectivity index (χ1v) is 9.90. The quantitative estimate of drug-likeness (QED) is 0.483. The van der Waals surface area contributed by atoms with E-state index < -0.39 is 5.97 Å². The largest absolute Gasteiger partial charge is 0.478 e. The highest BCUT2D eigenvalue weighted by atomic mass is 16.4. The number of nitrogens with zero attached hydrogens (tertiary/aromatic N) is 5. The Morgan fingerprint density at radius 2 is 1.94 bits per heavy atom. The third-order valence-corrected chi connectivity index (χ3v) is 4.96. The Morgan fingerprint density at radius 1 is 1.13 bits per heavy atom. The predicted molar refractivity (Wildman–Crippen MR) is 118 cm³/mol. The van der Waals surface area contributed by atoms with Crippen molar-refractivity contribution in [1.82, 2.24) is 24.7 Å². The van der Waals surface area contributed by atoms with E-state index in [4.69, 9.17) is 5.10 Å². The summed E-state index contributed by atoms with van der Waals surface area (Å²) in [6.45, 7) is 5.74. The van der Waals surface area contributed by atoms with Gasteiger partial charge >= 0.3 is 5.97 Å². The molecule has 1 aromatic carbocycles. The molecule has 0 atom stereocenters. The van der Waals surface area contributed by atoms with E-state index in [1.54, 1.807) is 41.6 Å². The summed E-state index contributed by atoms with van der Waals surface area (Å²) in [4.78, 5) is 25.0. The molecule has 0 amide bonds. The molecule has 0 aliphatic rings. The van der Waals surface area contributed by atoms with Crippen LogP contribution in [0.1, 0.15) is 34.2 Å². The monoisotopic (exact) mass is 414 g/mol. The van der Waals surface area contributed by atoms with Crippen LogP contribution in [-0.2, 0) is 6.42 Å². The number of rotatable bonds is 6. The normalized spacial score (nSPS) is 10.8. The molecule has 31 heavy (non-hydrogen) atoms. The summed E-state index contributed by atoms with van der Waals surface area (Å²) < 4.78 is 1.69. The predicted octanol–water partition coefficient (Wildman–Crippen LogP) is 4.35. The van der Waals surface area contributed by atoms with Gasteiger partial charge in [-0.15, -0.1) is 0 Å². The fraction of sp³-hybridized carbons (Fsp3) is 0.174. The Hall–Kier alpha value is -4.07. The Balaban J connectivity index is 1.99. The second-order valence-electron chi connectivity index (χ2n) is 7.12. The minimum Gasteiger partial charge on any atom is -0.478 e. The van der Waals surface area contributed by atoms with E-state index in [0.29, 0.717) is 29.4 Å². The molecule has 4 rings (SSSR count). The zero-order chi connectivity index (χ0) is 22.0. The number of carboxylic acid groups (broad SMARTS) is 1. The number of hydrogen-bond donors (Lipinski definition) is 2. The van der Waals surface area contributed by atoms with Gasteiger partial charge in [-0.1, -0.05) is 24.6 Å². The maximum Gasteiger partial charge on any atom is 0.337 e. The van der Waals surface area contributed by atoms with Crippen LogP contribution >= 0.6 is 0 Å². The zero-order valence-electron chi connectivity index (χ0n) is 17.5. The number of carbonyl (C=O) groups is 1. The van der Waals surface area contributed by atoms with Crippen LogP contribution in [0.25, 0.3) is 16.9 Å². The maximum atomic E-state index is 11.9. The van der Waals surface area contributed by atoms with Crippen molar-refractivity contribution in [2.24, 2.45) is 0 Å². The van der Waals surface area contributed by atoms with Gasteiger partial charge in [-0.05, 0) is 38.5 Å². The lowest BCUT2D eigenvalue weighted by atomic mass is 10.0. The molecule has 3 heterocycles. The molecule has 0 saturated heterocycles. The second kappa shape index (κ2) is 8.35. The van der Waals surface area contributed by atoms with Crippen molar-refractivity contribution in [3.05, 3.63) is 77.6 Å². The van der Waals surface area contributed by atoms with Gasteiger partial charge in [0.1, 0.15) is 5.82 Å². The summed E-state index contributed by atoms with van der Waals surface area (Å²) in [5.74, 6) is 0.172. The Morgan fingerprint density at radius 3 is 2.61 bits per heavy atom. The van der Waals surface area contributed by atoms with Gasteiger partial charge in [0.05, 0.1) is 22.6 Å². The second-order valence-corrected chi connectivity index (χ2v) is 7.12. The van der Waals surface area contributed by atoms with Crippen molar-refractivity contribution in [2.75, 3.05) is 5.32 Å². The number of benzene rings is 1. The molecule has 8 heteroatoms. The van der Waals surface area contributed by atoms with E-state index in [0.717, 1.165) is 22.4 Å². The van der Waals surface area contributed by atoms with Gasteiger partial charge in [-0.3, -0.25) is 9.97 Å². The van der Waals surface area contributed by atoms with Crippen molar-refractivity contribution < 1.29 is 9.90 Å². The molecule has 0 unspecified atom stereocenters. The number of carboxylic acids is 1. The van der Waals surface area contributed by atoms with E-state index in [2.05, 4.69) is 20.3 Å². The highest BCUT2D eigenvalue weighted by Gasteiger charge is 2.23. The fourth-order valence-corrected chi connectivity index (χ4v) is 3.47. The van der Waals surface area contributed by atoms with Crippen LogP contribution in [0.15, 0.2) is 55.1 Å². The highest BCUT2D eigenvalue weighted by molar-refractivity contribution is 5.96. The van der Waals surface area contributed by atoms with Crippen molar-refractivity contribution in [2.45, 2.75) is 27.2 Å². The molecule has 2 N–H and O–H groups in total. The Bertz CT molecular complexity index is 1250. The minimum atomic E-state index is -1.01. The number of aromatic nitrogens is 5. The van der Waals surface area contributed by atoms with Crippen LogP contribution < -0.4 is 5.32 Å². The fourth-order valence-electron chi connectivity index (χ4n) is 3.47. The third kappa shape index (κ3) is 3.87.